The number of alkyl halides is 3. The Bertz CT molecular complexity index is 1350. The third kappa shape index (κ3) is 7.69. The quantitative estimate of drug-likeness (QED) is 0.218. The summed E-state index contributed by atoms with van der Waals surface area (Å²) in [6.07, 6.45) is -0.735. The van der Waals surface area contributed by atoms with Crippen LogP contribution in [0.1, 0.15) is 23.1 Å². The number of ether oxygens (including phenoxy) is 1. The van der Waals surface area contributed by atoms with Gasteiger partial charge in [0.2, 0.25) is 0 Å². The molecule has 0 radical (unpaired) electrons. The first kappa shape index (κ1) is 26.9. The number of aryl methyl sites for hydroxylation is 1. The highest BCUT2D eigenvalue weighted by atomic mass is 32.2. The molecule has 11 heteroatoms. The Morgan fingerprint density at radius 2 is 1.76 bits per heavy atom. The van der Waals surface area contributed by atoms with Crippen LogP contribution >= 0.6 is 11.8 Å². The van der Waals surface area contributed by atoms with Gasteiger partial charge in [0.15, 0.2) is 5.17 Å². The fourth-order valence-electron chi connectivity index (χ4n) is 3.58. The lowest BCUT2D eigenvalue weighted by molar-refractivity contribution is -0.274. The first-order chi connectivity index (χ1) is 18.3. The maximum atomic E-state index is 12.2. The summed E-state index contributed by atoms with van der Waals surface area (Å²) in [5.74, 6) is 0.920. The van der Waals surface area contributed by atoms with Gasteiger partial charge in [0.05, 0.1) is 11.9 Å². The molecule has 1 heterocycles. The van der Waals surface area contributed by atoms with E-state index in [0.29, 0.717) is 11.3 Å². The fraction of sp³-hybridized carbons (Fsp3) is 0.185. The molecule has 0 atom stereocenters. The summed E-state index contributed by atoms with van der Waals surface area (Å²) >= 11 is 1.69. The zero-order valence-electron chi connectivity index (χ0n) is 20.5. The van der Waals surface area contributed by atoms with Crippen molar-refractivity contribution in [1.29, 1.82) is 0 Å². The third-order valence-electron chi connectivity index (χ3n) is 5.42. The molecule has 0 amide bonds. The zero-order valence-corrected chi connectivity index (χ0v) is 21.3. The lowest BCUT2D eigenvalue weighted by Crippen LogP contribution is -2.34. The first-order valence-electron chi connectivity index (χ1n) is 11.7. The minimum absolute atomic E-state index is 0.238. The van der Waals surface area contributed by atoms with Crippen LogP contribution in [0.5, 0.6) is 5.75 Å². The number of halogens is 3. The average molecular weight is 539 g/mol. The molecule has 1 saturated heterocycles. The topological polar surface area (TPSA) is 87.9 Å². The van der Waals surface area contributed by atoms with Crippen molar-refractivity contribution in [2.45, 2.75) is 19.7 Å². The van der Waals surface area contributed by atoms with Gasteiger partial charge in [0, 0.05) is 23.5 Å². The largest absolute Gasteiger partial charge is 0.573 e. The summed E-state index contributed by atoms with van der Waals surface area (Å²) in [4.78, 5) is 10.4. The molecule has 3 aromatic rings. The Balaban J connectivity index is 1.37. The van der Waals surface area contributed by atoms with Crippen LogP contribution in [-0.4, -0.2) is 42.2 Å². The maximum Gasteiger partial charge on any atom is 0.573 e. The van der Waals surface area contributed by atoms with Crippen LogP contribution in [0.15, 0.2) is 93.0 Å². The molecule has 0 unspecified atom stereocenters. The van der Waals surface area contributed by atoms with Gasteiger partial charge in [-0.05, 0) is 54.8 Å². The lowest BCUT2D eigenvalue weighted by atomic mass is 10.1. The van der Waals surface area contributed by atoms with Crippen LogP contribution in [0.2, 0.25) is 0 Å². The summed E-state index contributed by atoms with van der Waals surface area (Å²) < 4.78 is 40.6. The Labute approximate surface area is 222 Å². The van der Waals surface area contributed by atoms with Crippen LogP contribution in [0.25, 0.3) is 0 Å². The van der Waals surface area contributed by atoms with Crippen molar-refractivity contribution >= 4 is 46.7 Å². The smallest absolute Gasteiger partial charge is 0.406 e. The second kappa shape index (κ2) is 12.4. The Morgan fingerprint density at radius 1 is 1.03 bits per heavy atom. The molecule has 0 aromatic heterocycles. The van der Waals surface area contributed by atoms with Crippen molar-refractivity contribution in [3.05, 3.63) is 89.5 Å². The molecule has 1 aliphatic heterocycles. The number of nitrogens with zero attached hydrogens (tertiary/aromatic N) is 5. The predicted molar refractivity (Wildman–Crippen MR) is 149 cm³/mol. The van der Waals surface area contributed by atoms with E-state index in [0.717, 1.165) is 35.1 Å². The van der Waals surface area contributed by atoms with Gasteiger partial charge in [-0.1, -0.05) is 54.2 Å². The molecule has 3 aromatic carbocycles. The maximum absolute atomic E-state index is 12.2. The summed E-state index contributed by atoms with van der Waals surface area (Å²) in [5.41, 5.74) is 10.3. The minimum atomic E-state index is -4.74. The van der Waals surface area contributed by atoms with Gasteiger partial charge in [-0.3, -0.25) is 0 Å². The number of aliphatic imine (C=N–C) groups is 2. The second-order valence-corrected chi connectivity index (χ2v) is 9.25. The minimum Gasteiger partial charge on any atom is -0.406 e. The van der Waals surface area contributed by atoms with Crippen molar-refractivity contribution in [1.82, 2.24) is 0 Å². The van der Waals surface area contributed by atoms with Gasteiger partial charge >= 0.3 is 6.36 Å². The van der Waals surface area contributed by atoms with Crippen LogP contribution in [0.3, 0.4) is 0 Å². The van der Waals surface area contributed by atoms with Crippen LogP contribution < -0.4 is 15.4 Å². The normalized spacial score (nSPS) is 16.1. The van der Waals surface area contributed by atoms with Gasteiger partial charge in [-0.25, -0.2) is 9.98 Å². The fourth-order valence-corrected chi connectivity index (χ4v) is 4.49. The number of para-hydroxylation sites is 1. The van der Waals surface area contributed by atoms with Crippen LogP contribution in [0, 0.1) is 6.92 Å². The summed E-state index contributed by atoms with van der Waals surface area (Å²) in [7, 11) is 0. The van der Waals surface area contributed by atoms with E-state index in [1.54, 1.807) is 30.1 Å². The van der Waals surface area contributed by atoms with Gasteiger partial charge < -0.3 is 15.4 Å². The molecule has 1 aliphatic rings. The standard InChI is InChI=1S/C27H25F3N6OS/c1-19-5-2-3-6-24(19)36-15-4-16-38-26(36)35-34-17-20-7-9-21(10-8-20)25(31)33-18-32-22-11-13-23(14-12-22)37-27(28,29)30/h2-3,5-14,17-18H,4,15-16H2,1H3,(H2,31,32,33)/b34-17+,35-26-. The van der Waals surface area contributed by atoms with Gasteiger partial charge in [0.1, 0.15) is 17.9 Å². The van der Waals surface area contributed by atoms with Crippen molar-refractivity contribution in [2.24, 2.45) is 25.9 Å². The number of thioether (sulfide) groups is 1. The Hall–Kier alpha value is -4.12. The van der Waals surface area contributed by atoms with E-state index < -0.39 is 6.36 Å². The molecule has 38 heavy (non-hydrogen) atoms. The zero-order chi connectivity index (χ0) is 27.0. The van der Waals surface area contributed by atoms with E-state index in [4.69, 9.17) is 5.73 Å². The van der Waals surface area contributed by atoms with Gasteiger partial charge in [-0.15, -0.1) is 18.3 Å². The summed E-state index contributed by atoms with van der Waals surface area (Å²) in [5, 5.41) is 9.65. The van der Waals surface area contributed by atoms with E-state index in [1.807, 2.05) is 24.3 Å². The molecule has 0 bridgehead atoms. The molecule has 0 aliphatic carbocycles. The summed E-state index contributed by atoms with van der Waals surface area (Å²) in [6.45, 7) is 2.99. The molecule has 2 N–H and O–H groups in total. The average Bonchev–Trinajstić information content (AvgIpc) is 2.90. The summed E-state index contributed by atoms with van der Waals surface area (Å²) in [6, 6.07) is 20.7. The highest BCUT2D eigenvalue weighted by Gasteiger charge is 2.30. The third-order valence-corrected chi connectivity index (χ3v) is 6.48. The predicted octanol–water partition coefficient (Wildman–Crippen LogP) is 6.29. The van der Waals surface area contributed by atoms with Gasteiger partial charge in [0.25, 0.3) is 0 Å². The van der Waals surface area contributed by atoms with E-state index in [9.17, 15) is 13.2 Å². The number of rotatable bonds is 7. The molecule has 7 nitrogen and oxygen atoms in total. The number of hydrogen-bond donors (Lipinski definition) is 1. The molecule has 1 fully saturated rings. The van der Waals surface area contributed by atoms with Crippen molar-refractivity contribution in [2.75, 3.05) is 17.2 Å². The van der Waals surface area contributed by atoms with E-state index in [-0.39, 0.29) is 11.6 Å². The number of amidine groups is 2. The Morgan fingerprint density at radius 3 is 2.47 bits per heavy atom. The first-order valence-corrected chi connectivity index (χ1v) is 12.7. The van der Waals surface area contributed by atoms with E-state index >= 15 is 0 Å². The van der Waals surface area contributed by atoms with E-state index in [2.05, 4.69) is 48.9 Å². The molecule has 196 valence electrons. The van der Waals surface area contributed by atoms with Crippen LogP contribution in [0.4, 0.5) is 24.5 Å². The van der Waals surface area contributed by atoms with E-state index in [1.165, 1.54) is 36.2 Å². The van der Waals surface area contributed by atoms with Gasteiger partial charge in [-0.2, -0.15) is 5.10 Å². The molecular formula is C27H25F3N6OS. The number of nitrogens with two attached hydrogens (primary N) is 1. The van der Waals surface area contributed by atoms with Crippen molar-refractivity contribution in [3.63, 3.8) is 0 Å². The molecule has 0 saturated carbocycles. The molecule has 4 rings (SSSR count). The highest BCUT2D eigenvalue weighted by Crippen LogP contribution is 2.28. The Kier molecular flexibility index (Phi) is 8.80. The number of benzene rings is 3. The molecule has 0 spiro atoms. The van der Waals surface area contributed by atoms with Crippen molar-refractivity contribution < 1.29 is 17.9 Å². The highest BCUT2D eigenvalue weighted by molar-refractivity contribution is 8.14. The number of anilines is 1. The second-order valence-electron chi connectivity index (χ2n) is 8.19. The van der Waals surface area contributed by atoms with Crippen molar-refractivity contribution in [3.8, 4) is 5.75 Å². The lowest BCUT2D eigenvalue weighted by Gasteiger charge is -2.30. The SMILES string of the molecule is Cc1ccccc1N1CCCS/C1=N\N=C\c1ccc(C(N)=NC=Nc2ccc(OC(F)(F)F)cc2)cc1. The molecular weight excluding hydrogens is 513 g/mol. The number of hydrogen-bond acceptors (Lipinski definition) is 5. The monoisotopic (exact) mass is 538 g/mol. The van der Waals surface area contributed by atoms with Crippen LogP contribution in [-0.2, 0) is 0 Å².